The van der Waals surface area contributed by atoms with E-state index in [0.29, 0.717) is 37.6 Å². The molecule has 0 unspecified atom stereocenters. The van der Waals surface area contributed by atoms with Gasteiger partial charge in [-0.25, -0.2) is 13.1 Å². The fourth-order valence-corrected chi connectivity index (χ4v) is 4.06. The Morgan fingerprint density at radius 2 is 1.86 bits per heavy atom. The number of benzene rings is 1. The third-order valence-corrected chi connectivity index (χ3v) is 5.79. The minimum atomic E-state index is -3.17. The van der Waals surface area contributed by atoms with Crippen molar-refractivity contribution in [3.8, 4) is 22.9 Å². The first-order chi connectivity index (χ1) is 13.9. The Hall–Kier alpha value is -1.82. The Morgan fingerprint density at radius 3 is 2.52 bits per heavy atom. The fourth-order valence-electron chi connectivity index (χ4n) is 2.65. The second-order valence-electron chi connectivity index (χ2n) is 6.24. The summed E-state index contributed by atoms with van der Waals surface area (Å²) in [6.45, 7) is 1.73. The van der Waals surface area contributed by atoms with E-state index in [-0.39, 0.29) is 0 Å². The van der Waals surface area contributed by atoms with E-state index in [0.717, 1.165) is 35.0 Å². The monoisotopic (exact) mass is 444 g/mol. The Bertz CT molecular complexity index is 886. The Morgan fingerprint density at radius 1 is 1.10 bits per heavy atom. The van der Waals surface area contributed by atoms with Crippen LogP contribution >= 0.6 is 11.8 Å². The van der Waals surface area contributed by atoms with Crippen molar-refractivity contribution < 1.29 is 22.6 Å². The molecule has 9 nitrogen and oxygen atoms in total. The number of nitrogens with zero attached hydrogens (tertiary/aromatic N) is 3. The molecule has 2 rings (SSSR count). The second-order valence-corrected chi connectivity index (χ2v) is 9.14. The molecule has 2 aromatic rings. The van der Waals surface area contributed by atoms with Crippen molar-refractivity contribution in [2.45, 2.75) is 24.5 Å². The number of thioether (sulfide) groups is 1. The lowest BCUT2D eigenvalue weighted by atomic mass is 10.2. The summed E-state index contributed by atoms with van der Waals surface area (Å²) in [7, 11) is 1.70. The topological polar surface area (TPSA) is 105 Å². The summed E-state index contributed by atoms with van der Waals surface area (Å²) in [6, 6.07) is 5.63. The van der Waals surface area contributed by atoms with Gasteiger partial charge in [0.15, 0.2) is 22.5 Å². The average Bonchev–Trinajstić information content (AvgIpc) is 3.09. The van der Waals surface area contributed by atoms with Crippen LogP contribution in [-0.4, -0.2) is 69.7 Å². The Kier molecular flexibility index (Phi) is 9.21. The van der Waals surface area contributed by atoms with Gasteiger partial charge in [0, 0.05) is 38.1 Å². The zero-order chi connectivity index (χ0) is 21.3. The number of methoxy groups -OCH3 is 3. The van der Waals surface area contributed by atoms with Crippen molar-refractivity contribution >= 4 is 21.8 Å². The molecule has 0 radical (unpaired) electrons. The van der Waals surface area contributed by atoms with E-state index in [1.165, 1.54) is 0 Å². The molecule has 0 saturated heterocycles. The summed E-state index contributed by atoms with van der Waals surface area (Å²) in [5.41, 5.74) is 0.873. The standard InChI is InChI=1S/C18H28N4O5S2/c1-25-11-6-10-22-17(14-7-8-15(26-2)16(13-14)27-3)20-21-18(22)28-12-5-9-19-29(4,23)24/h7-8,13,19H,5-6,9-12H2,1-4H3. The molecular formula is C18H28N4O5S2. The van der Waals surface area contributed by atoms with Crippen LogP contribution in [-0.2, 0) is 21.3 Å². The summed E-state index contributed by atoms with van der Waals surface area (Å²) in [5, 5.41) is 9.50. The van der Waals surface area contributed by atoms with Gasteiger partial charge in [0.2, 0.25) is 10.0 Å². The molecule has 1 aromatic carbocycles. The van der Waals surface area contributed by atoms with Gasteiger partial charge in [-0.2, -0.15) is 0 Å². The summed E-state index contributed by atoms with van der Waals surface area (Å²) in [6.07, 6.45) is 2.66. The van der Waals surface area contributed by atoms with Gasteiger partial charge in [0.25, 0.3) is 0 Å². The van der Waals surface area contributed by atoms with Crippen molar-refractivity contribution in [1.82, 2.24) is 19.5 Å². The van der Waals surface area contributed by atoms with Crippen LogP contribution in [0.1, 0.15) is 12.8 Å². The molecule has 1 N–H and O–H groups in total. The van der Waals surface area contributed by atoms with Gasteiger partial charge in [0.05, 0.1) is 20.5 Å². The maximum absolute atomic E-state index is 11.1. The van der Waals surface area contributed by atoms with Crippen LogP contribution in [0.2, 0.25) is 0 Å². The van der Waals surface area contributed by atoms with Crippen LogP contribution in [0.15, 0.2) is 23.4 Å². The summed E-state index contributed by atoms with van der Waals surface area (Å²) in [4.78, 5) is 0. The number of aromatic nitrogens is 3. The maximum atomic E-state index is 11.1. The molecule has 1 aromatic heterocycles. The van der Waals surface area contributed by atoms with E-state index < -0.39 is 10.0 Å². The lowest BCUT2D eigenvalue weighted by Gasteiger charge is -2.12. The third-order valence-electron chi connectivity index (χ3n) is 4.01. The first-order valence-corrected chi connectivity index (χ1v) is 12.0. The van der Waals surface area contributed by atoms with Gasteiger partial charge >= 0.3 is 0 Å². The van der Waals surface area contributed by atoms with Gasteiger partial charge < -0.3 is 18.8 Å². The number of hydrogen-bond donors (Lipinski definition) is 1. The summed E-state index contributed by atoms with van der Waals surface area (Å²) in [5.74, 6) is 2.72. The molecule has 0 fully saturated rings. The summed E-state index contributed by atoms with van der Waals surface area (Å²) < 4.78 is 42.7. The highest BCUT2D eigenvalue weighted by Crippen LogP contribution is 2.33. The van der Waals surface area contributed by atoms with Crippen LogP contribution < -0.4 is 14.2 Å². The van der Waals surface area contributed by atoms with Gasteiger partial charge in [-0.05, 0) is 31.0 Å². The minimum absolute atomic E-state index is 0.395. The number of nitrogens with one attached hydrogen (secondary N) is 1. The molecule has 1 heterocycles. The van der Waals surface area contributed by atoms with Crippen molar-refractivity contribution in [3.05, 3.63) is 18.2 Å². The van der Waals surface area contributed by atoms with Crippen molar-refractivity contribution in [1.29, 1.82) is 0 Å². The highest BCUT2D eigenvalue weighted by atomic mass is 32.2. The van der Waals surface area contributed by atoms with Crippen LogP contribution in [0.25, 0.3) is 11.4 Å². The van der Waals surface area contributed by atoms with Crippen LogP contribution in [0.5, 0.6) is 11.5 Å². The molecule has 11 heteroatoms. The van der Waals surface area contributed by atoms with Crippen LogP contribution in [0, 0.1) is 0 Å². The second kappa shape index (κ2) is 11.4. The SMILES string of the molecule is COCCCn1c(SCCCNS(C)(=O)=O)nnc1-c1ccc(OC)c(OC)c1. The maximum Gasteiger partial charge on any atom is 0.208 e. The van der Waals surface area contributed by atoms with E-state index in [9.17, 15) is 8.42 Å². The predicted octanol–water partition coefficient (Wildman–Crippen LogP) is 2.03. The predicted molar refractivity (Wildman–Crippen MR) is 113 cm³/mol. The van der Waals surface area contributed by atoms with Crippen LogP contribution in [0.3, 0.4) is 0 Å². The van der Waals surface area contributed by atoms with E-state index in [2.05, 4.69) is 19.5 Å². The van der Waals surface area contributed by atoms with Crippen molar-refractivity contribution in [2.24, 2.45) is 0 Å². The van der Waals surface area contributed by atoms with Gasteiger partial charge in [-0.3, -0.25) is 0 Å². The lowest BCUT2D eigenvalue weighted by molar-refractivity contribution is 0.189. The molecule has 29 heavy (non-hydrogen) atoms. The molecule has 0 spiro atoms. The highest BCUT2D eigenvalue weighted by molar-refractivity contribution is 7.99. The molecule has 0 bridgehead atoms. The number of sulfonamides is 1. The van der Waals surface area contributed by atoms with Crippen LogP contribution in [0.4, 0.5) is 0 Å². The van der Waals surface area contributed by atoms with E-state index in [1.807, 2.05) is 18.2 Å². The average molecular weight is 445 g/mol. The molecule has 162 valence electrons. The fraction of sp³-hybridized carbons (Fsp3) is 0.556. The van der Waals surface area contributed by atoms with Gasteiger partial charge in [-0.1, -0.05) is 11.8 Å². The smallest absolute Gasteiger partial charge is 0.208 e. The normalized spacial score (nSPS) is 11.6. The third kappa shape index (κ3) is 7.18. The quantitative estimate of drug-likeness (QED) is 0.370. The van der Waals surface area contributed by atoms with Gasteiger partial charge in [-0.15, -0.1) is 10.2 Å². The molecule has 0 amide bonds. The molecule has 0 aliphatic carbocycles. The zero-order valence-corrected chi connectivity index (χ0v) is 18.8. The first-order valence-electron chi connectivity index (χ1n) is 9.11. The lowest BCUT2D eigenvalue weighted by Crippen LogP contribution is -2.23. The Labute approximate surface area is 176 Å². The molecule has 0 aliphatic rings. The largest absolute Gasteiger partial charge is 0.493 e. The van der Waals surface area contributed by atoms with E-state index in [4.69, 9.17) is 14.2 Å². The minimum Gasteiger partial charge on any atom is -0.493 e. The van der Waals surface area contributed by atoms with Gasteiger partial charge in [0.1, 0.15) is 0 Å². The molecular weight excluding hydrogens is 416 g/mol. The molecule has 0 aliphatic heterocycles. The number of ether oxygens (including phenoxy) is 3. The van der Waals surface area contributed by atoms with E-state index >= 15 is 0 Å². The first kappa shape index (κ1) is 23.5. The number of hydrogen-bond acceptors (Lipinski definition) is 8. The summed E-state index contributed by atoms with van der Waals surface area (Å²) >= 11 is 1.55. The van der Waals surface area contributed by atoms with Crippen molar-refractivity contribution in [3.63, 3.8) is 0 Å². The molecule has 0 atom stereocenters. The molecule has 0 saturated carbocycles. The van der Waals surface area contributed by atoms with E-state index in [1.54, 1.807) is 33.1 Å². The van der Waals surface area contributed by atoms with Crippen molar-refractivity contribution in [2.75, 3.05) is 46.5 Å². The highest BCUT2D eigenvalue weighted by Gasteiger charge is 2.16. The zero-order valence-electron chi connectivity index (χ0n) is 17.2. The number of rotatable bonds is 13. The Balaban J connectivity index is 2.17.